The molecule has 1 saturated carbocycles. The van der Waals surface area contributed by atoms with Gasteiger partial charge in [0.05, 0.1) is 0 Å². The molecule has 2 nitrogen and oxygen atoms in total. The number of aliphatic hydroxyl groups excluding tert-OH is 1. The third-order valence-electron chi connectivity index (χ3n) is 4.04. The number of carbonyl (C=O) groups excluding carboxylic acids is 1. The topological polar surface area (TPSA) is 37.3 Å². The SMILES string of the molecule is CCC(CC)C(O)C(=O)C1CCCCCC1. The Morgan fingerprint density at radius 3 is 2.06 bits per heavy atom. The van der Waals surface area contributed by atoms with E-state index in [1.54, 1.807) is 0 Å². The highest BCUT2D eigenvalue weighted by atomic mass is 16.3. The molecule has 0 heterocycles. The van der Waals surface area contributed by atoms with Crippen LogP contribution in [0.15, 0.2) is 0 Å². The van der Waals surface area contributed by atoms with Gasteiger partial charge < -0.3 is 5.11 Å². The van der Waals surface area contributed by atoms with Crippen molar-refractivity contribution in [3.8, 4) is 0 Å². The van der Waals surface area contributed by atoms with Gasteiger partial charge in [-0.05, 0) is 18.8 Å². The molecule has 1 aliphatic carbocycles. The summed E-state index contributed by atoms with van der Waals surface area (Å²) in [6.07, 6.45) is 7.91. The molecule has 1 aliphatic rings. The third kappa shape index (κ3) is 3.58. The Hall–Kier alpha value is -0.370. The van der Waals surface area contributed by atoms with E-state index >= 15 is 0 Å². The fourth-order valence-corrected chi connectivity index (χ4v) is 2.77. The van der Waals surface area contributed by atoms with E-state index < -0.39 is 6.10 Å². The van der Waals surface area contributed by atoms with Gasteiger partial charge in [-0.2, -0.15) is 0 Å². The maximum absolute atomic E-state index is 12.2. The van der Waals surface area contributed by atoms with Crippen LogP contribution in [0.4, 0.5) is 0 Å². The lowest BCUT2D eigenvalue weighted by Gasteiger charge is -2.23. The lowest BCUT2D eigenvalue weighted by molar-refractivity contribution is -0.134. The molecule has 2 heteroatoms. The van der Waals surface area contributed by atoms with Gasteiger partial charge in [0.25, 0.3) is 0 Å². The normalized spacial score (nSPS) is 20.8. The first-order chi connectivity index (χ1) is 7.70. The second-order valence-corrected chi connectivity index (χ2v) is 5.11. The first-order valence-corrected chi connectivity index (χ1v) is 6.92. The number of hydrogen-bond donors (Lipinski definition) is 1. The Morgan fingerprint density at radius 1 is 1.12 bits per heavy atom. The van der Waals surface area contributed by atoms with Gasteiger partial charge in [0.1, 0.15) is 6.10 Å². The van der Waals surface area contributed by atoms with Crippen molar-refractivity contribution in [1.82, 2.24) is 0 Å². The molecular formula is C14H26O2. The van der Waals surface area contributed by atoms with E-state index in [4.69, 9.17) is 0 Å². The Morgan fingerprint density at radius 2 is 1.62 bits per heavy atom. The minimum Gasteiger partial charge on any atom is -0.385 e. The second-order valence-electron chi connectivity index (χ2n) is 5.11. The van der Waals surface area contributed by atoms with Crippen LogP contribution in [0.1, 0.15) is 65.2 Å². The van der Waals surface area contributed by atoms with Gasteiger partial charge in [0.15, 0.2) is 5.78 Å². The molecular weight excluding hydrogens is 200 g/mol. The largest absolute Gasteiger partial charge is 0.385 e. The van der Waals surface area contributed by atoms with Crippen molar-refractivity contribution >= 4 is 5.78 Å². The molecule has 0 aromatic carbocycles. The highest BCUT2D eigenvalue weighted by molar-refractivity contribution is 5.85. The quantitative estimate of drug-likeness (QED) is 0.730. The summed E-state index contributed by atoms with van der Waals surface area (Å²) < 4.78 is 0. The summed E-state index contributed by atoms with van der Waals surface area (Å²) in [5.41, 5.74) is 0. The summed E-state index contributed by atoms with van der Waals surface area (Å²) in [4.78, 5) is 12.2. The van der Waals surface area contributed by atoms with Crippen molar-refractivity contribution in [3.63, 3.8) is 0 Å². The zero-order valence-electron chi connectivity index (χ0n) is 10.7. The van der Waals surface area contributed by atoms with Crippen LogP contribution in [0.25, 0.3) is 0 Å². The van der Waals surface area contributed by atoms with Crippen molar-refractivity contribution in [2.75, 3.05) is 0 Å². The molecule has 1 fully saturated rings. The highest BCUT2D eigenvalue weighted by Gasteiger charge is 2.29. The maximum atomic E-state index is 12.2. The van der Waals surface area contributed by atoms with Crippen LogP contribution in [-0.4, -0.2) is 17.0 Å². The highest BCUT2D eigenvalue weighted by Crippen LogP contribution is 2.27. The van der Waals surface area contributed by atoms with Crippen molar-refractivity contribution in [2.24, 2.45) is 11.8 Å². The van der Waals surface area contributed by atoms with Crippen LogP contribution in [0.2, 0.25) is 0 Å². The van der Waals surface area contributed by atoms with Crippen molar-refractivity contribution in [1.29, 1.82) is 0 Å². The predicted molar refractivity (Wildman–Crippen MR) is 66.3 cm³/mol. The van der Waals surface area contributed by atoms with Gasteiger partial charge in [0, 0.05) is 5.92 Å². The first kappa shape index (κ1) is 13.7. The van der Waals surface area contributed by atoms with Crippen molar-refractivity contribution < 1.29 is 9.90 Å². The van der Waals surface area contributed by atoms with Crippen molar-refractivity contribution in [2.45, 2.75) is 71.3 Å². The van der Waals surface area contributed by atoms with Gasteiger partial charge in [-0.1, -0.05) is 52.4 Å². The van der Waals surface area contributed by atoms with E-state index in [0.717, 1.165) is 38.5 Å². The number of ketones is 1. The number of carbonyl (C=O) groups is 1. The minimum absolute atomic E-state index is 0.121. The summed E-state index contributed by atoms with van der Waals surface area (Å²) >= 11 is 0. The molecule has 94 valence electrons. The summed E-state index contributed by atoms with van der Waals surface area (Å²) in [7, 11) is 0. The van der Waals surface area contributed by atoms with E-state index in [1.165, 1.54) is 12.8 Å². The van der Waals surface area contributed by atoms with Gasteiger partial charge in [-0.3, -0.25) is 4.79 Å². The molecule has 1 unspecified atom stereocenters. The number of Topliss-reactive ketones (excluding diaryl/α,β-unsaturated/α-hetero) is 1. The van der Waals surface area contributed by atoms with Crippen LogP contribution in [0.5, 0.6) is 0 Å². The first-order valence-electron chi connectivity index (χ1n) is 6.92. The monoisotopic (exact) mass is 226 g/mol. The standard InChI is InChI=1S/C14H26O2/c1-3-11(4-2)13(15)14(16)12-9-7-5-6-8-10-12/h11-13,15H,3-10H2,1-2H3. The van der Waals surface area contributed by atoms with Gasteiger partial charge in [-0.25, -0.2) is 0 Å². The Labute approximate surface area is 99.4 Å². The Balaban J connectivity index is 2.53. The van der Waals surface area contributed by atoms with Gasteiger partial charge in [-0.15, -0.1) is 0 Å². The van der Waals surface area contributed by atoms with Crippen LogP contribution in [0, 0.1) is 11.8 Å². The van der Waals surface area contributed by atoms with Crippen LogP contribution >= 0.6 is 0 Å². The van der Waals surface area contributed by atoms with Gasteiger partial charge >= 0.3 is 0 Å². The summed E-state index contributed by atoms with van der Waals surface area (Å²) in [6, 6.07) is 0. The molecule has 0 saturated heterocycles. The average Bonchev–Trinajstić information content (AvgIpc) is 2.58. The van der Waals surface area contributed by atoms with E-state index in [1.807, 2.05) is 0 Å². The number of rotatable bonds is 5. The van der Waals surface area contributed by atoms with E-state index in [2.05, 4.69) is 13.8 Å². The molecule has 0 bridgehead atoms. The molecule has 16 heavy (non-hydrogen) atoms. The number of aliphatic hydroxyl groups is 1. The third-order valence-corrected chi connectivity index (χ3v) is 4.04. The Kier molecular flexibility index (Phi) is 6.04. The smallest absolute Gasteiger partial charge is 0.164 e. The molecule has 0 aromatic rings. The summed E-state index contributed by atoms with van der Waals surface area (Å²) in [5, 5.41) is 10.1. The molecule has 0 aliphatic heterocycles. The van der Waals surface area contributed by atoms with Crippen LogP contribution in [-0.2, 0) is 4.79 Å². The maximum Gasteiger partial charge on any atom is 0.164 e. The average molecular weight is 226 g/mol. The molecule has 1 rings (SSSR count). The zero-order valence-corrected chi connectivity index (χ0v) is 10.7. The molecule has 1 N–H and O–H groups in total. The fourth-order valence-electron chi connectivity index (χ4n) is 2.77. The molecule has 0 aromatic heterocycles. The van der Waals surface area contributed by atoms with E-state index in [9.17, 15) is 9.90 Å². The fraction of sp³-hybridized carbons (Fsp3) is 0.929. The lowest BCUT2D eigenvalue weighted by Crippen LogP contribution is -2.34. The van der Waals surface area contributed by atoms with Crippen molar-refractivity contribution in [3.05, 3.63) is 0 Å². The predicted octanol–water partition coefficient (Wildman–Crippen LogP) is 3.32. The Bertz CT molecular complexity index is 197. The molecule has 0 radical (unpaired) electrons. The molecule has 0 amide bonds. The zero-order chi connectivity index (χ0) is 12.0. The lowest BCUT2D eigenvalue weighted by atomic mass is 9.85. The summed E-state index contributed by atoms with van der Waals surface area (Å²) in [6.45, 7) is 4.11. The second kappa shape index (κ2) is 7.05. The number of hydrogen-bond acceptors (Lipinski definition) is 2. The molecule has 1 atom stereocenters. The van der Waals surface area contributed by atoms with E-state index in [0.29, 0.717) is 0 Å². The van der Waals surface area contributed by atoms with Gasteiger partial charge in [0.2, 0.25) is 0 Å². The van der Waals surface area contributed by atoms with E-state index in [-0.39, 0.29) is 17.6 Å². The summed E-state index contributed by atoms with van der Waals surface area (Å²) in [5.74, 6) is 0.421. The molecule has 0 spiro atoms. The van der Waals surface area contributed by atoms with Crippen LogP contribution < -0.4 is 0 Å². The minimum atomic E-state index is -0.710. The van der Waals surface area contributed by atoms with Crippen LogP contribution in [0.3, 0.4) is 0 Å².